The number of nitrogens with zero attached hydrogens (tertiary/aromatic N) is 6. The molecule has 0 amide bonds. The fourth-order valence-electron chi connectivity index (χ4n) is 3.48. The number of piperidine rings is 1. The van der Waals surface area contributed by atoms with Gasteiger partial charge in [0.2, 0.25) is 5.95 Å². The lowest BCUT2D eigenvalue weighted by Gasteiger charge is -2.27. The minimum atomic E-state index is -0.289. The molecule has 2 aromatic heterocycles. The van der Waals surface area contributed by atoms with E-state index >= 15 is 0 Å². The van der Waals surface area contributed by atoms with Crippen molar-refractivity contribution in [3.63, 3.8) is 0 Å². The predicted molar refractivity (Wildman–Crippen MR) is 104 cm³/mol. The van der Waals surface area contributed by atoms with E-state index in [2.05, 4.69) is 29.8 Å². The number of rotatable bonds is 6. The van der Waals surface area contributed by atoms with Gasteiger partial charge in [0, 0.05) is 24.7 Å². The van der Waals surface area contributed by atoms with Gasteiger partial charge in [0.25, 0.3) is 5.89 Å². The van der Waals surface area contributed by atoms with E-state index in [4.69, 9.17) is 4.52 Å². The van der Waals surface area contributed by atoms with Crippen LogP contribution in [0.2, 0.25) is 0 Å². The van der Waals surface area contributed by atoms with Crippen molar-refractivity contribution in [2.45, 2.75) is 49.1 Å². The summed E-state index contributed by atoms with van der Waals surface area (Å²) in [6.45, 7) is 2.11. The fourth-order valence-corrected chi connectivity index (χ4v) is 4.32. The Morgan fingerprint density at radius 2 is 1.86 bits per heavy atom. The SMILES string of the molecule is Fc1ccc(-c2nc(CSc3nnc(N4CCCCC4)n3C3CC3)no2)cc1. The van der Waals surface area contributed by atoms with Gasteiger partial charge in [-0.2, -0.15) is 4.98 Å². The number of benzene rings is 1. The van der Waals surface area contributed by atoms with Crippen LogP contribution in [0.15, 0.2) is 33.9 Å². The van der Waals surface area contributed by atoms with Gasteiger partial charge >= 0.3 is 0 Å². The van der Waals surface area contributed by atoms with Crippen LogP contribution in [0.4, 0.5) is 10.3 Å². The Hall–Kier alpha value is -2.42. The van der Waals surface area contributed by atoms with Crippen molar-refractivity contribution < 1.29 is 8.91 Å². The molecule has 3 aromatic rings. The smallest absolute Gasteiger partial charge is 0.257 e. The van der Waals surface area contributed by atoms with Crippen LogP contribution in [0.5, 0.6) is 0 Å². The molecule has 0 atom stereocenters. The normalized spacial score (nSPS) is 17.2. The molecule has 0 unspecified atom stereocenters. The first-order valence-corrected chi connectivity index (χ1v) is 10.7. The summed E-state index contributed by atoms with van der Waals surface area (Å²) in [6.07, 6.45) is 6.10. The highest BCUT2D eigenvalue weighted by molar-refractivity contribution is 7.98. The van der Waals surface area contributed by atoms with Gasteiger partial charge < -0.3 is 9.42 Å². The molecule has 0 spiro atoms. The van der Waals surface area contributed by atoms with Crippen molar-refractivity contribution in [3.05, 3.63) is 35.9 Å². The molecule has 7 nitrogen and oxygen atoms in total. The second-order valence-electron chi connectivity index (χ2n) is 7.24. The molecule has 3 heterocycles. The molecule has 9 heteroatoms. The molecule has 1 aliphatic carbocycles. The molecule has 1 saturated heterocycles. The van der Waals surface area contributed by atoms with E-state index in [9.17, 15) is 4.39 Å². The van der Waals surface area contributed by atoms with Crippen LogP contribution >= 0.6 is 11.8 Å². The Kier molecular flexibility index (Phi) is 4.76. The second kappa shape index (κ2) is 7.54. The van der Waals surface area contributed by atoms with E-state index in [1.54, 1.807) is 23.9 Å². The average Bonchev–Trinajstić information content (AvgIpc) is 3.30. The molecule has 1 aliphatic heterocycles. The van der Waals surface area contributed by atoms with Gasteiger partial charge in [0.05, 0.1) is 5.75 Å². The summed E-state index contributed by atoms with van der Waals surface area (Å²) in [5.41, 5.74) is 0.707. The highest BCUT2D eigenvalue weighted by Crippen LogP contribution is 2.41. The standard InChI is InChI=1S/C19H21FN6OS/c20-14-6-4-13(5-7-14)17-21-16(24-27-17)12-28-19-23-22-18(26(19)15-8-9-15)25-10-2-1-3-11-25/h4-7,15H,1-3,8-12H2. The summed E-state index contributed by atoms with van der Waals surface area (Å²) in [6, 6.07) is 6.54. The van der Waals surface area contributed by atoms with E-state index in [0.29, 0.717) is 29.1 Å². The zero-order valence-electron chi connectivity index (χ0n) is 15.4. The quantitative estimate of drug-likeness (QED) is 0.577. The predicted octanol–water partition coefficient (Wildman–Crippen LogP) is 4.08. The third-order valence-corrected chi connectivity index (χ3v) is 6.03. The Labute approximate surface area is 166 Å². The number of hydrogen-bond acceptors (Lipinski definition) is 7. The van der Waals surface area contributed by atoms with E-state index < -0.39 is 0 Å². The molecule has 2 aliphatic rings. The molecule has 0 radical (unpaired) electrons. The monoisotopic (exact) mass is 400 g/mol. The molecule has 1 aromatic carbocycles. The van der Waals surface area contributed by atoms with Gasteiger partial charge in [-0.1, -0.05) is 16.9 Å². The fraction of sp³-hybridized carbons (Fsp3) is 0.474. The Morgan fingerprint density at radius 1 is 1.07 bits per heavy atom. The number of thioether (sulfide) groups is 1. The molecule has 1 saturated carbocycles. The molecule has 0 N–H and O–H groups in total. The lowest BCUT2D eigenvalue weighted by atomic mass is 10.1. The lowest BCUT2D eigenvalue weighted by Crippen LogP contribution is -2.31. The molecule has 2 fully saturated rings. The summed E-state index contributed by atoms with van der Waals surface area (Å²) in [7, 11) is 0. The molecule has 28 heavy (non-hydrogen) atoms. The first-order chi connectivity index (χ1) is 13.8. The van der Waals surface area contributed by atoms with E-state index in [1.165, 1.54) is 44.2 Å². The van der Waals surface area contributed by atoms with Crippen LogP contribution in [-0.2, 0) is 5.75 Å². The van der Waals surface area contributed by atoms with Crippen molar-refractivity contribution in [1.29, 1.82) is 0 Å². The third kappa shape index (κ3) is 3.63. The number of hydrogen-bond donors (Lipinski definition) is 0. The summed E-state index contributed by atoms with van der Waals surface area (Å²) in [5.74, 6) is 2.26. The van der Waals surface area contributed by atoms with Crippen molar-refractivity contribution in [2.75, 3.05) is 18.0 Å². The van der Waals surface area contributed by atoms with Crippen molar-refractivity contribution in [2.24, 2.45) is 0 Å². The van der Waals surface area contributed by atoms with Crippen LogP contribution in [0, 0.1) is 5.82 Å². The highest BCUT2D eigenvalue weighted by atomic mass is 32.2. The molecular formula is C19H21FN6OS. The molecule has 0 bridgehead atoms. The van der Waals surface area contributed by atoms with Gasteiger partial charge in [-0.25, -0.2) is 4.39 Å². The Morgan fingerprint density at radius 3 is 2.61 bits per heavy atom. The Bertz CT molecular complexity index is 946. The Balaban J connectivity index is 1.30. The van der Waals surface area contributed by atoms with Crippen LogP contribution in [0.25, 0.3) is 11.5 Å². The maximum Gasteiger partial charge on any atom is 0.257 e. The minimum Gasteiger partial charge on any atom is -0.341 e. The summed E-state index contributed by atoms with van der Waals surface area (Å²) >= 11 is 1.58. The topological polar surface area (TPSA) is 72.9 Å². The van der Waals surface area contributed by atoms with Gasteiger partial charge in [-0.15, -0.1) is 10.2 Å². The van der Waals surface area contributed by atoms with E-state index in [0.717, 1.165) is 24.2 Å². The number of halogens is 1. The summed E-state index contributed by atoms with van der Waals surface area (Å²) in [4.78, 5) is 6.78. The maximum atomic E-state index is 13.1. The molecular weight excluding hydrogens is 379 g/mol. The average molecular weight is 400 g/mol. The van der Waals surface area contributed by atoms with Gasteiger partial charge in [0.15, 0.2) is 11.0 Å². The zero-order chi connectivity index (χ0) is 18.9. The van der Waals surface area contributed by atoms with Crippen molar-refractivity contribution >= 4 is 17.7 Å². The van der Waals surface area contributed by atoms with Crippen molar-refractivity contribution in [3.8, 4) is 11.5 Å². The van der Waals surface area contributed by atoms with Crippen LogP contribution in [-0.4, -0.2) is 38.0 Å². The van der Waals surface area contributed by atoms with Crippen molar-refractivity contribution in [1.82, 2.24) is 24.9 Å². The maximum absolute atomic E-state index is 13.1. The lowest BCUT2D eigenvalue weighted by molar-refractivity contribution is 0.425. The number of anilines is 1. The van der Waals surface area contributed by atoms with Crippen LogP contribution in [0.3, 0.4) is 0 Å². The third-order valence-electron chi connectivity index (χ3n) is 5.09. The summed E-state index contributed by atoms with van der Waals surface area (Å²) in [5, 5.41) is 13.9. The van der Waals surface area contributed by atoms with Crippen LogP contribution in [0.1, 0.15) is 44.0 Å². The first-order valence-electron chi connectivity index (χ1n) is 9.69. The first kappa shape index (κ1) is 17.7. The van der Waals surface area contributed by atoms with E-state index in [1.807, 2.05) is 0 Å². The largest absolute Gasteiger partial charge is 0.341 e. The second-order valence-corrected chi connectivity index (χ2v) is 8.19. The molecule has 5 rings (SSSR count). The highest BCUT2D eigenvalue weighted by Gasteiger charge is 2.32. The van der Waals surface area contributed by atoms with E-state index in [-0.39, 0.29) is 5.82 Å². The van der Waals surface area contributed by atoms with Gasteiger partial charge in [-0.05, 0) is 56.4 Å². The zero-order valence-corrected chi connectivity index (χ0v) is 16.2. The molecule has 146 valence electrons. The number of aromatic nitrogens is 5. The van der Waals surface area contributed by atoms with Crippen LogP contribution < -0.4 is 4.90 Å². The van der Waals surface area contributed by atoms with Gasteiger partial charge in [0.1, 0.15) is 5.82 Å². The summed E-state index contributed by atoms with van der Waals surface area (Å²) < 4.78 is 20.7. The van der Waals surface area contributed by atoms with Gasteiger partial charge in [-0.3, -0.25) is 4.57 Å². The minimum absolute atomic E-state index is 0.289.